The second kappa shape index (κ2) is 6.17. The van der Waals surface area contributed by atoms with Gasteiger partial charge < -0.3 is 19.5 Å². The first-order chi connectivity index (χ1) is 11.0. The molecule has 1 atom stereocenters. The summed E-state index contributed by atoms with van der Waals surface area (Å²) in [6.07, 6.45) is 0. The second-order valence-electron chi connectivity index (χ2n) is 5.35. The summed E-state index contributed by atoms with van der Waals surface area (Å²) in [6.45, 7) is 2.54. The third kappa shape index (κ3) is 2.77. The molecule has 23 heavy (non-hydrogen) atoms. The van der Waals surface area contributed by atoms with E-state index in [0.717, 1.165) is 21.4 Å². The van der Waals surface area contributed by atoms with Gasteiger partial charge >= 0.3 is 5.97 Å². The van der Waals surface area contributed by atoms with E-state index in [1.165, 1.54) is 16.2 Å². The van der Waals surface area contributed by atoms with Crippen LogP contribution in [0, 0.1) is 6.92 Å². The van der Waals surface area contributed by atoms with E-state index < -0.39 is 12.0 Å². The molecule has 1 fully saturated rings. The van der Waals surface area contributed by atoms with Gasteiger partial charge in [0.1, 0.15) is 5.75 Å². The first kappa shape index (κ1) is 15.8. The Morgan fingerprint density at radius 2 is 2.22 bits per heavy atom. The SMILES string of the molecule is COc1ccc2sc(C(=O)N3CCOC[C@H]3C(=O)O)c(C)c2c1. The molecule has 0 saturated carbocycles. The largest absolute Gasteiger partial charge is 0.497 e. The Bertz CT molecular complexity index is 769. The normalized spacial score (nSPS) is 18.2. The van der Waals surface area contributed by atoms with Crippen LogP contribution in [0.5, 0.6) is 5.75 Å². The van der Waals surface area contributed by atoms with Crippen LogP contribution in [-0.4, -0.2) is 54.8 Å². The maximum Gasteiger partial charge on any atom is 0.328 e. The molecule has 1 aliphatic heterocycles. The fourth-order valence-corrected chi connectivity index (χ4v) is 3.86. The Balaban J connectivity index is 2.00. The fourth-order valence-electron chi connectivity index (χ4n) is 2.71. The van der Waals surface area contributed by atoms with Gasteiger partial charge in [-0.05, 0) is 36.1 Å². The lowest BCUT2D eigenvalue weighted by Crippen LogP contribution is -2.52. The van der Waals surface area contributed by atoms with Crippen LogP contribution in [-0.2, 0) is 9.53 Å². The topological polar surface area (TPSA) is 76.1 Å². The number of carboxylic acid groups (broad SMARTS) is 1. The number of thiophene rings is 1. The number of carbonyl (C=O) groups is 2. The standard InChI is InChI=1S/C16H17NO5S/c1-9-11-7-10(21-2)3-4-13(11)23-14(9)15(18)17-5-6-22-8-12(17)16(19)20/h3-4,7,12H,5-6,8H2,1-2H3,(H,19,20)/t12-/m0/s1. The number of methoxy groups -OCH3 is 1. The van der Waals surface area contributed by atoms with Crippen LogP contribution in [0.2, 0.25) is 0 Å². The first-order valence-corrected chi connectivity index (χ1v) is 8.03. The van der Waals surface area contributed by atoms with E-state index in [4.69, 9.17) is 9.47 Å². The summed E-state index contributed by atoms with van der Waals surface area (Å²) in [4.78, 5) is 26.2. The van der Waals surface area contributed by atoms with Crippen LogP contribution >= 0.6 is 11.3 Å². The zero-order valence-electron chi connectivity index (χ0n) is 12.9. The average molecular weight is 335 g/mol. The molecule has 1 aromatic carbocycles. The summed E-state index contributed by atoms with van der Waals surface area (Å²) in [5, 5.41) is 10.3. The van der Waals surface area contributed by atoms with Crippen LogP contribution in [0.25, 0.3) is 10.1 Å². The smallest absolute Gasteiger partial charge is 0.328 e. The third-order valence-corrected chi connectivity index (χ3v) is 5.27. The Labute approximate surface area is 137 Å². The van der Waals surface area contributed by atoms with Crippen molar-refractivity contribution in [2.45, 2.75) is 13.0 Å². The number of aryl methyl sites for hydroxylation is 1. The number of morpholine rings is 1. The molecule has 2 heterocycles. The van der Waals surface area contributed by atoms with E-state index in [9.17, 15) is 14.7 Å². The van der Waals surface area contributed by atoms with Crippen LogP contribution in [0.4, 0.5) is 0 Å². The Morgan fingerprint density at radius 3 is 2.91 bits per heavy atom. The van der Waals surface area contributed by atoms with E-state index in [1.807, 2.05) is 25.1 Å². The van der Waals surface area contributed by atoms with E-state index in [-0.39, 0.29) is 19.1 Å². The summed E-state index contributed by atoms with van der Waals surface area (Å²) in [7, 11) is 1.60. The Kier molecular flexibility index (Phi) is 4.23. The number of carboxylic acids is 1. The number of rotatable bonds is 3. The lowest BCUT2D eigenvalue weighted by molar-refractivity contribution is -0.147. The van der Waals surface area contributed by atoms with Gasteiger partial charge in [-0.1, -0.05) is 0 Å². The Morgan fingerprint density at radius 1 is 1.43 bits per heavy atom. The maximum atomic E-state index is 12.8. The minimum Gasteiger partial charge on any atom is -0.497 e. The summed E-state index contributed by atoms with van der Waals surface area (Å²) in [5.74, 6) is -0.566. The zero-order valence-corrected chi connectivity index (χ0v) is 13.7. The van der Waals surface area contributed by atoms with Gasteiger partial charge in [0.15, 0.2) is 6.04 Å². The van der Waals surface area contributed by atoms with Gasteiger partial charge in [0.05, 0.1) is 25.2 Å². The molecule has 1 aromatic heterocycles. The molecule has 3 rings (SSSR count). The molecule has 0 radical (unpaired) electrons. The van der Waals surface area contributed by atoms with Crippen molar-refractivity contribution in [1.82, 2.24) is 4.90 Å². The molecule has 122 valence electrons. The van der Waals surface area contributed by atoms with Crippen molar-refractivity contribution in [3.8, 4) is 5.75 Å². The highest BCUT2D eigenvalue weighted by Crippen LogP contribution is 2.34. The van der Waals surface area contributed by atoms with Crippen molar-refractivity contribution < 1.29 is 24.2 Å². The molecule has 2 aromatic rings. The van der Waals surface area contributed by atoms with E-state index in [1.54, 1.807) is 7.11 Å². The number of amides is 1. The molecule has 1 amide bonds. The summed E-state index contributed by atoms with van der Waals surface area (Å²) < 4.78 is 11.4. The zero-order chi connectivity index (χ0) is 16.6. The molecule has 6 nitrogen and oxygen atoms in total. The highest BCUT2D eigenvalue weighted by Gasteiger charge is 2.34. The molecular weight excluding hydrogens is 318 g/mol. The van der Waals surface area contributed by atoms with Crippen molar-refractivity contribution in [2.75, 3.05) is 26.9 Å². The molecule has 0 aliphatic carbocycles. The van der Waals surface area contributed by atoms with Gasteiger partial charge in [0, 0.05) is 11.2 Å². The lowest BCUT2D eigenvalue weighted by Gasteiger charge is -2.32. The van der Waals surface area contributed by atoms with E-state index >= 15 is 0 Å². The highest BCUT2D eigenvalue weighted by atomic mass is 32.1. The molecular formula is C16H17NO5S. The number of nitrogens with zero attached hydrogens (tertiary/aromatic N) is 1. The minimum atomic E-state index is -1.04. The number of benzene rings is 1. The number of hydrogen-bond acceptors (Lipinski definition) is 5. The predicted octanol–water partition coefficient (Wildman–Crippen LogP) is 2.14. The van der Waals surface area contributed by atoms with Gasteiger partial charge in [-0.2, -0.15) is 0 Å². The van der Waals surface area contributed by atoms with Gasteiger partial charge in [-0.3, -0.25) is 4.79 Å². The highest BCUT2D eigenvalue weighted by molar-refractivity contribution is 7.21. The van der Waals surface area contributed by atoms with Crippen molar-refractivity contribution in [3.63, 3.8) is 0 Å². The van der Waals surface area contributed by atoms with Gasteiger partial charge in [0.2, 0.25) is 0 Å². The summed E-state index contributed by atoms with van der Waals surface area (Å²) in [5.41, 5.74) is 0.851. The number of fused-ring (bicyclic) bond motifs is 1. The molecule has 0 unspecified atom stereocenters. The van der Waals surface area contributed by atoms with Crippen molar-refractivity contribution in [3.05, 3.63) is 28.6 Å². The van der Waals surface area contributed by atoms with Crippen molar-refractivity contribution in [1.29, 1.82) is 0 Å². The van der Waals surface area contributed by atoms with Gasteiger partial charge in [-0.25, -0.2) is 4.79 Å². The van der Waals surface area contributed by atoms with E-state index in [0.29, 0.717) is 11.5 Å². The number of hydrogen-bond donors (Lipinski definition) is 1. The molecule has 1 aliphatic rings. The molecule has 7 heteroatoms. The van der Waals surface area contributed by atoms with Gasteiger partial charge in [-0.15, -0.1) is 11.3 Å². The maximum absolute atomic E-state index is 12.8. The molecule has 0 bridgehead atoms. The number of carbonyl (C=O) groups excluding carboxylic acids is 1. The fraction of sp³-hybridized carbons (Fsp3) is 0.375. The quantitative estimate of drug-likeness (QED) is 0.930. The first-order valence-electron chi connectivity index (χ1n) is 7.21. The summed E-state index contributed by atoms with van der Waals surface area (Å²) in [6, 6.07) is 4.72. The van der Waals surface area contributed by atoms with E-state index in [2.05, 4.69) is 0 Å². The second-order valence-corrected chi connectivity index (χ2v) is 6.40. The number of ether oxygens (including phenoxy) is 2. The van der Waals surface area contributed by atoms with Crippen LogP contribution < -0.4 is 4.74 Å². The number of aliphatic carboxylic acids is 1. The molecule has 1 N–H and O–H groups in total. The molecule has 0 spiro atoms. The monoisotopic (exact) mass is 335 g/mol. The summed E-state index contributed by atoms with van der Waals surface area (Å²) >= 11 is 1.38. The average Bonchev–Trinajstić information content (AvgIpc) is 2.90. The van der Waals surface area contributed by atoms with Crippen molar-refractivity contribution >= 4 is 33.3 Å². The third-order valence-electron chi connectivity index (χ3n) is 4.01. The van der Waals surface area contributed by atoms with Gasteiger partial charge in [0.25, 0.3) is 5.91 Å². The van der Waals surface area contributed by atoms with Crippen LogP contribution in [0.3, 0.4) is 0 Å². The lowest BCUT2D eigenvalue weighted by atomic mass is 10.1. The Hall–Kier alpha value is -2.12. The van der Waals surface area contributed by atoms with Crippen LogP contribution in [0.15, 0.2) is 18.2 Å². The van der Waals surface area contributed by atoms with Crippen molar-refractivity contribution in [2.24, 2.45) is 0 Å². The molecule has 1 saturated heterocycles. The van der Waals surface area contributed by atoms with Crippen LogP contribution in [0.1, 0.15) is 15.2 Å². The minimum absolute atomic E-state index is 0.0266. The predicted molar refractivity (Wildman–Crippen MR) is 86.4 cm³/mol.